The fourth-order valence-corrected chi connectivity index (χ4v) is 7.21. The van der Waals surface area contributed by atoms with Gasteiger partial charge in [0.25, 0.3) is 0 Å². The molecule has 0 N–H and O–H groups in total. The van der Waals surface area contributed by atoms with Crippen molar-refractivity contribution in [1.82, 2.24) is 9.38 Å². The van der Waals surface area contributed by atoms with Crippen LogP contribution in [0.15, 0.2) is 66.9 Å². The number of para-hydroxylation sites is 1. The second kappa shape index (κ2) is 9.03. The molecule has 3 heteroatoms. The van der Waals surface area contributed by atoms with E-state index in [1.807, 2.05) is 18.3 Å². The van der Waals surface area contributed by atoms with E-state index in [1.54, 1.807) is 6.07 Å². The number of imidazole rings is 1. The number of hydrogen-bond donors (Lipinski definition) is 0. The van der Waals surface area contributed by atoms with Crippen molar-refractivity contribution in [2.24, 2.45) is 0 Å². The zero-order valence-electron chi connectivity index (χ0n) is 20.8. The largest absolute Gasteiger partial charge is 0.289 e. The van der Waals surface area contributed by atoms with Crippen LogP contribution in [-0.4, -0.2) is 9.38 Å². The van der Waals surface area contributed by atoms with E-state index in [0.29, 0.717) is 17.4 Å². The Hall–Kier alpha value is -3.20. The molecule has 0 spiro atoms. The summed E-state index contributed by atoms with van der Waals surface area (Å²) in [7, 11) is 0. The second-order valence-corrected chi connectivity index (χ2v) is 11.0. The van der Waals surface area contributed by atoms with Crippen LogP contribution in [0.3, 0.4) is 0 Å². The summed E-state index contributed by atoms with van der Waals surface area (Å²) in [6.45, 7) is 0. The number of rotatable bonds is 3. The van der Waals surface area contributed by atoms with E-state index in [2.05, 4.69) is 46.9 Å². The summed E-state index contributed by atoms with van der Waals surface area (Å²) in [5.41, 5.74) is 6.81. The molecule has 2 saturated carbocycles. The van der Waals surface area contributed by atoms with Crippen molar-refractivity contribution in [3.63, 3.8) is 0 Å². The lowest BCUT2D eigenvalue weighted by molar-refractivity contribution is 0.436. The molecule has 2 aliphatic rings. The van der Waals surface area contributed by atoms with Gasteiger partial charge in [0, 0.05) is 16.3 Å². The Balaban J connectivity index is 1.58. The summed E-state index contributed by atoms with van der Waals surface area (Å²) in [6.07, 6.45) is 14.9. The molecule has 0 aliphatic heterocycles. The van der Waals surface area contributed by atoms with Crippen LogP contribution in [0.4, 0.5) is 4.39 Å². The summed E-state index contributed by atoms with van der Waals surface area (Å²) in [5, 5.41) is 3.09. The monoisotopic (exact) mass is 476 g/mol. The Morgan fingerprint density at radius 3 is 1.89 bits per heavy atom. The molecule has 0 bridgehead atoms. The van der Waals surface area contributed by atoms with E-state index in [-0.39, 0.29) is 5.82 Å². The zero-order valence-corrected chi connectivity index (χ0v) is 20.8. The van der Waals surface area contributed by atoms with Gasteiger partial charge >= 0.3 is 0 Å². The molecule has 0 radical (unpaired) electrons. The molecular formula is C33H33FN2. The molecule has 0 unspecified atom stereocenters. The number of halogens is 1. The highest BCUT2D eigenvalue weighted by atomic mass is 19.1. The van der Waals surface area contributed by atoms with Gasteiger partial charge in [-0.05, 0) is 60.1 Å². The minimum atomic E-state index is -0.183. The van der Waals surface area contributed by atoms with Crippen LogP contribution in [0.2, 0.25) is 0 Å². The average molecular weight is 477 g/mol. The van der Waals surface area contributed by atoms with Gasteiger partial charge in [-0.25, -0.2) is 9.37 Å². The molecule has 182 valence electrons. The molecule has 7 rings (SSSR count). The third-order valence-electron chi connectivity index (χ3n) is 8.91. The first kappa shape index (κ1) is 22.0. The lowest BCUT2D eigenvalue weighted by atomic mass is 9.76. The van der Waals surface area contributed by atoms with Gasteiger partial charge < -0.3 is 0 Å². The van der Waals surface area contributed by atoms with E-state index >= 15 is 4.39 Å². The molecule has 2 aromatic heterocycles. The molecule has 36 heavy (non-hydrogen) atoms. The molecule has 2 aliphatic carbocycles. The first-order chi connectivity index (χ1) is 17.8. The van der Waals surface area contributed by atoms with E-state index in [0.717, 1.165) is 27.5 Å². The minimum absolute atomic E-state index is 0.183. The number of nitrogens with zero attached hydrogens (tertiary/aromatic N) is 2. The smallest absolute Gasteiger partial charge is 0.147 e. The fourth-order valence-electron chi connectivity index (χ4n) is 7.21. The van der Waals surface area contributed by atoms with Crippen molar-refractivity contribution < 1.29 is 4.39 Å². The van der Waals surface area contributed by atoms with Gasteiger partial charge in [-0.2, -0.15) is 0 Å². The van der Waals surface area contributed by atoms with Crippen LogP contribution in [0.5, 0.6) is 0 Å². The fraction of sp³-hybridized carbons (Fsp3) is 0.364. The number of aromatic nitrogens is 2. The third-order valence-corrected chi connectivity index (χ3v) is 8.91. The van der Waals surface area contributed by atoms with Gasteiger partial charge in [0.1, 0.15) is 11.5 Å². The van der Waals surface area contributed by atoms with E-state index in [4.69, 9.17) is 4.98 Å². The van der Waals surface area contributed by atoms with E-state index in [9.17, 15) is 0 Å². The lowest BCUT2D eigenvalue weighted by Gasteiger charge is -2.29. The van der Waals surface area contributed by atoms with Crippen LogP contribution in [0.1, 0.15) is 87.2 Å². The molecular weight excluding hydrogens is 443 g/mol. The molecule has 2 nitrogen and oxygen atoms in total. The summed E-state index contributed by atoms with van der Waals surface area (Å²) < 4.78 is 17.8. The molecule has 0 amide bonds. The number of benzene rings is 3. The van der Waals surface area contributed by atoms with Crippen LogP contribution in [-0.2, 0) is 0 Å². The van der Waals surface area contributed by atoms with Crippen LogP contribution in [0.25, 0.3) is 38.6 Å². The number of fused-ring (bicyclic) bond motifs is 6. The minimum Gasteiger partial charge on any atom is -0.289 e. The predicted octanol–water partition coefficient (Wildman–Crippen LogP) is 9.54. The molecule has 3 aromatic carbocycles. The predicted molar refractivity (Wildman–Crippen MR) is 147 cm³/mol. The normalized spacial score (nSPS) is 17.9. The maximum absolute atomic E-state index is 15.7. The Labute approximate surface area is 212 Å². The van der Waals surface area contributed by atoms with Gasteiger partial charge in [0.05, 0.1) is 17.4 Å². The first-order valence-electron chi connectivity index (χ1n) is 13.9. The Bertz CT molecular complexity index is 1530. The maximum Gasteiger partial charge on any atom is 0.147 e. The van der Waals surface area contributed by atoms with Gasteiger partial charge in [0.2, 0.25) is 0 Å². The molecule has 0 atom stereocenters. The first-order valence-corrected chi connectivity index (χ1v) is 13.9. The average Bonchev–Trinajstić information content (AvgIpc) is 3.39. The molecule has 2 fully saturated rings. The Morgan fingerprint density at radius 2 is 1.22 bits per heavy atom. The van der Waals surface area contributed by atoms with Gasteiger partial charge in [-0.1, -0.05) is 93.1 Å². The number of hydrogen-bond acceptors (Lipinski definition) is 1. The van der Waals surface area contributed by atoms with Gasteiger partial charge in [0.15, 0.2) is 0 Å². The van der Waals surface area contributed by atoms with Crippen LogP contribution >= 0.6 is 0 Å². The topological polar surface area (TPSA) is 17.3 Å². The third kappa shape index (κ3) is 3.47. The standard InChI is InChI=1S/C33H33FN2/c34-29-20-10-19-27-26-15-7-8-16-28(26)33-35-21-30(36(33)32(27)29)31-24(22-11-3-1-4-12-22)17-9-18-25(31)23-13-5-2-6-14-23/h7-10,15-23H,1-6,11-14H2. The van der Waals surface area contributed by atoms with Crippen LogP contribution < -0.4 is 0 Å². The summed E-state index contributed by atoms with van der Waals surface area (Å²) in [6, 6.07) is 20.8. The quantitative estimate of drug-likeness (QED) is 0.237. The van der Waals surface area contributed by atoms with Gasteiger partial charge in [-0.3, -0.25) is 4.40 Å². The van der Waals surface area contributed by atoms with Crippen molar-refractivity contribution >= 4 is 27.3 Å². The SMILES string of the molecule is Fc1cccc2c3ccccc3c3ncc(-c4c(C5CCCCC5)cccc4C4CCCCC4)n3c12. The van der Waals surface area contributed by atoms with Crippen molar-refractivity contribution in [1.29, 1.82) is 0 Å². The maximum atomic E-state index is 15.7. The second-order valence-electron chi connectivity index (χ2n) is 11.0. The Kier molecular flexibility index (Phi) is 5.53. The van der Waals surface area contributed by atoms with Crippen molar-refractivity contribution in [3.05, 3.63) is 83.8 Å². The highest BCUT2D eigenvalue weighted by Crippen LogP contribution is 2.46. The highest BCUT2D eigenvalue weighted by Gasteiger charge is 2.28. The van der Waals surface area contributed by atoms with E-state index < -0.39 is 0 Å². The lowest BCUT2D eigenvalue weighted by Crippen LogP contribution is -2.12. The van der Waals surface area contributed by atoms with E-state index in [1.165, 1.54) is 80.9 Å². The van der Waals surface area contributed by atoms with Crippen molar-refractivity contribution in [2.75, 3.05) is 0 Å². The molecule has 5 aromatic rings. The van der Waals surface area contributed by atoms with Crippen LogP contribution in [0, 0.1) is 5.82 Å². The van der Waals surface area contributed by atoms with Crippen molar-refractivity contribution in [3.8, 4) is 11.3 Å². The summed E-state index contributed by atoms with van der Waals surface area (Å²) in [4.78, 5) is 4.98. The Morgan fingerprint density at radius 1 is 0.639 bits per heavy atom. The van der Waals surface area contributed by atoms with Crippen molar-refractivity contribution in [2.45, 2.75) is 76.0 Å². The molecule has 0 saturated heterocycles. The number of pyridine rings is 1. The highest BCUT2D eigenvalue weighted by molar-refractivity contribution is 6.12. The molecule has 2 heterocycles. The van der Waals surface area contributed by atoms with Gasteiger partial charge in [-0.15, -0.1) is 0 Å². The summed E-state index contributed by atoms with van der Waals surface area (Å²) in [5.74, 6) is 0.954. The zero-order chi connectivity index (χ0) is 24.1. The summed E-state index contributed by atoms with van der Waals surface area (Å²) >= 11 is 0.